The van der Waals surface area contributed by atoms with Crippen LogP contribution in [0.1, 0.15) is 70.3 Å². The van der Waals surface area contributed by atoms with Crippen molar-refractivity contribution in [3.8, 4) is 17.2 Å². The summed E-state index contributed by atoms with van der Waals surface area (Å²) in [6.07, 6.45) is 10.9. The van der Waals surface area contributed by atoms with Crippen LogP contribution in [0.2, 0.25) is 0 Å². The fraction of sp³-hybridized carbons (Fsp3) is 0.429. The number of benzene rings is 4. The van der Waals surface area contributed by atoms with Crippen LogP contribution in [0.25, 0.3) is 0 Å². The molecule has 0 heterocycles. The summed E-state index contributed by atoms with van der Waals surface area (Å²) in [7, 11) is -3.61. The quantitative estimate of drug-likeness (QED) is 0.119. The van der Waals surface area contributed by atoms with Crippen molar-refractivity contribution in [1.29, 1.82) is 0 Å². The highest BCUT2D eigenvalue weighted by molar-refractivity contribution is 14.1. The zero-order valence-corrected chi connectivity index (χ0v) is 37.4. The van der Waals surface area contributed by atoms with E-state index in [2.05, 4.69) is 99.0 Å². The molecule has 2 fully saturated rings. The van der Waals surface area contributed by atoms with E-state index in [1.54, 1.807) is 36.4 Å². The molecule has 0 bridgehead atoms. The second kappa shape index (κ2) is 22.7. The smallest absolute Gasteiger partial charge is 0.296 e. The van der Waals surface area contributed by atoms with E-state index >= 15 is 0 Å². The van der Waals surface area contributed by atoms with E-state index < -0.39 is 10.1 Å². The first-order chi connectivity index (χ1) is 25.1. The standard InChI is InChI=1S/C20H22I2O2.C16H24O3S.C6H5IO/c21-17-9-3-5-11-19(17)23-13-15-7-1-2-8-16(15)14-24-20-12-6-4-10-18(20)22;1-3-14-6-4-5-7-15(14)12-19-20(17,18)16-10-8-13(2)9-11-16;7-5-3-1-2-4-6(5)8/h3-6,9-12,15-16H,1-2,7-8,13-14H2;8-11,14-15H,3-7,12H2,1-2H3;1-4,8H/t15-,16-;14-,15+;/m01./s1. The van der Waals surface area contributed by atoms with E-state index in [4.69, 9.17) is 18.8 Å². The fourth-order valence-corrected chi connectivity index (χ4v) is 9.12. The van der Waals surface area contributed by atoms with Gasteiger partial charge in [-0.15, -0.1) is 0 Å². The molecule has 6 rings (SSSR count). The van der Waals surface area contributed by atoms with Gasteiger partial charge in [0.15, 0.2) is 0 Å². The van der Waals surface area contributed by atoms with Gasteiger partial charge < -0.3 is 14.6 Å². The molecule has 0 amide bonds. The van der Waals surface area contributed by atoms with Gasteiger partial charge in [-0.3, -0.25) is 4.18 Å². The van der Waals surface area contributed by atoms with Gasteiger partial charge in [-0.1, -0.05) is 99.5 Å². The molecular formula is C42H51I3O6S. The average molecular weight is 1060 g/mol. The maximum absolute atomic E-state index is 12.2. The van der Waals surface area contributed by atoms with Crippen LogP contribution >= 0.6 is 67.8 Å². The minimum absolute atomic E-state index is 0.256. The Hall–Kier alpha value is -1.62. The van der Waals surface area contributed by atoms with Gasteiger partial charge >= 0.3 is 0 Å². The minimum Gasteiger partial charge on any atom is -0.507 e. The number of phenols is 1. The van der Waals surface area contributed by atoms with Crippen LogP contribution in [0.15, 0.2) is 102 Å². The normalized spacial score (nSPS) is 20.0. The highest BCUT2D eigenvalue weighted by Gasteiger charge is 2.28. The van der Waals surface area contributed by atoms with Crippen LogP contribution in [-0.2, 0) is 14.3 Å². The summed E-state index contributed by atoms with van der Waals surface area (Å²) in [5, 5.41) is 8.91. The van der Waals surface area contributed by atoms with Gasteiger partial charge in [0.25, 0.3) is 10.1 Å². The van der Waals surface area contributed by atoms with Crippen molar-refractivity contribution in [3.63, 3.8) is 0 Å². The van der Waals surface area contributed by atoms with Gasteiger partial charge in [0.2, 0.25) is 0 Å². The van der Waals surface area contributed by atoms with Crippen molar-refractivity contribution in [2.75, 3.05) is 19.8 Å². The van der Waals surface area contributed by atoms with Gasteiger partial charge in [-0.2, -0.15) is 8.42 Å². The van der Waals surface area contributed by atoms with E-state index in [1.807, 2.05) is 43.3 Å². The number of para-hydroxylation sites is 3. The first-order valence-electron chi connectivity index (χ1n) is 18.2. The molecule has 0 unspecified atom stereocenters. The monoisotopic (exact) mass is 1060 g/mol. The molecule has 2 aliphatic carbocycles. The Bertz CT molecular complexity index is 1670. The second-order valence-corrected chi connectivity index (χ2v) is 18.6. The fourth-order valence-electron chi connectivity index (χ4n) is 6.68. The second-order valence-electron chi connectivity index (χ2n) is 13.5. The van der Waals surface area contributed by atoms with E-state index in [1.165, 1.54) is 52.1 Å². The maximum atomic E-state index is 12.2. The third-order valence-corrected chi connectivity index (χ3v) is 13.8. The van der Waals surface area contributed by atoms with E-state index in [0.717, 1.165) is 46.7 Å². The lowest BCUT2D eigenvalue weighted by molar-refractivity contribution is 0.104. The molecule has 52 heavy (non-hydrogen) atoms. The predicted molar refractivity (Wildman–Crippen MR) is 236 cm³/mol. The largest absolute Gasteiger partial charge is 0.507 e. The van der Waals surface area contributed by atoms with E-state index in [-0.39, 0.29) is 4.90 Å². The molecule has 2 saturated carbocycles. The number of ether oxygens (including phenoxy) is 2. The topological polar surface area (TPSA) is 82.1 Å². The number of rotatable bonds is 11. The van der Waals surface area contributed by atoms with Crippen molar-refractivity contribution in [2.24, 2.45) is 23.7 Å². The van der Waals surface area contributed by atoms with Crippen LogP contribution in [0.5, 0.6) is 17.2 Å². The molecule has 6 nitrogen and oxygen atoms in total. The van der Waals surface area contributed by atoms with E-state index in [0.29, 0.717) is 36.0 Å². The summed E-state index contributed by atoms with van der Waals surface area (Å²) in [6, 6.07) is 30.5. The zero-order valence-electron chi connectivity index (χ0n) is 30.1. The van der Waals surface area contributed by atoms with Gasteiger partial charge in [-0.25, -0.2) is 0 Å². The molecule has 0 radical (unpaired) electrons. The minimum atomic E-state index is -3.61. The molecule has 10 heteroatoms. The molecule has 282 valence electrons. The molecule has 0 spiro atoms. The molecule has 0 saturated heterocycles. The summed E-state index contributed by atoms with van der Waals surface area (Å²) < 4.78 is 45.1. The van der Waals surface area contributed by atoms with Crippen molar-refractivity contribution in [3.05, 3.63) is 113 Å². The van der Waals surface area contributed by atoms with E-state index in [9.17, 15) is 8.42 Å². The Morgan fingerprint density at radius 2 is 1.02 bits per heavy atom. The number of hydrogen-bond donors (Lipinski definition) is 1. The zero-order chi connectivity index (χ0) is 37.3. The van der Waals surface area contributed by atoms with Crippen molar-refractivity contribution >= 4 is 77.9 Å². The van der Waals surface area contributed by atoms with Crippen molar-refractivity contribution < 1.29 is 27.2 Å². The summed E-state index contributed by atoms with van der Waals surface area (Å²) in [6.45, 7) is 6.02. The van der Waals surface area contributed by atoms with Gasteiger partial charge in [-0.05, 0) is 166 Å². The van der Waals surface area contributed by atoms with Crippen LogP contribution in [-0.4, -0.2) is 33.3 Å². The number of phenolic OH excluding ortho intramolecular Hbond substituents is 1. The lowest BCUT2D eigenvalue weighted by Gasteiger charge is -2.31. The Labute approximate surface area is 352 Å². The third-order valence-electron chi connectivity index (χ3n) is 9.84. The first kappa shape index (κ1) is 43.1. The lowest BCUT2D eigenvalue weighted by atomic mass is 9.78. The van der Waals surface area contributed by atoms with Crippen molar-refractivity contribution in [1.82, 2.24) is 0 Å². The van der Waals surface area contributed by atoms with Crippen LogP contribution in [0.3, 0.4) is 0 Å². The number of hydrogen-bond acceptors (Lipinski definition) is 6. The molecular weight excluding hydrogens is 1010 g/mol. The molecule has 4 aromatic carbocycles. The Morgan fingerprint density at radius 3 is 1.44 bits per heavy atom. The van der Waals surface area contributed by atoms with Crippen LogP contribution in [0, 0.1) is 41.3 Å². The number of aromatic hydroxyl groups is 1. The Balaban J connectivity index is 0.000000194. The number of aryl methyl sites for hydroxylation is 1. The predicted octanol–water partition coefficient (Wildman–Crippen LogP) is 12.1. The molecule has 2 aliphatic rings. The van der Waals surface area contributed by atoms with Gasteiger partial charge in [0.05, 0.1) is 35.4 Å². The molecule has 1 N–H and O–H groups in total. The van der Waals surface area contributed by atoms with Crippen LogP contribution in [0.4, 0.5) is 0 Å². The third kappa shape index (κ3) is 14.2. The Kier molecular flexibility index (Phi) is 18.8. The van der Waals surface area contributed by atoms with Gasteiger partial charge in [0, 0.05) is 0 Å². The molecule has 4 aromatic rings. The van der Waals surface area contributed by atoms with Crippen LogP contribution < -0.4 is 9.47 Å². The highest BCUT2D eigenvalue weighted by Crippen LogP contribution is 2.34. The van der Waals surface area contributed by atoms with Crippen molar-refractivity contribution in [2.45, 2.75) is 76.5 Å². The molecule has 4 atom stereocenters. The summed E-state index contributed by atoms with van der Waals surface area (Å²) >= 11 is 6.75. The van der Waals surface area contributed by atoms with Gasteiger partial charge in [0.1, 0.15) is 17.2 Å². The summed E-state index contributed by atoms with van der Waals surface area (Å²) in [5.74, 6) is 4.51. The average Bonchev–Trinajstić information content (AvgIpc) is 3.16. The highest BCUT2D eigenvalue weighted by atomic mass is 127. The SMILES string of the molecule is CC[C@@H]1CCCC[C@H]1COS(=O)(=O)c1ccc(C)cc1.Ic1ccccc1OC[C@@H]1CCCC[C@H]1COc1ccccc1I.Oc1ccccc1I. The summed E-state index contributed by atoms with van der Waals surface area (Å²) in [4.78, 5) is 0.256. The Morgan fingerprint density at radius 1 is 0.596 bits per heavy atom. The first-order valence-corrected chi connectivity index (χ1v) is 22.9. The summed E-state index contributed by atoms with van der Waals surface area (Å²) in [5.41, 5.74) is 1.04. The molecule has 0 aliphatic heterocycles. The maximum Gasteiger partial charge on any atom is 0.296 e. The number of halogens is 3. The lowest BCUT2D eigenvalue weighted by Crippen LogP contribution is -2.30. The molecule has 0 aromatic heterocycles.